The molecule has 1 saturated heterocycles. The third-order valence-corrected chi connectivity index (χ3v) is 4.60. The number of hydrogen-bond acceptors (Lipinski definition) is 4. The third kappa shape index (κ3) is 4.16. The van der Waals surface area contributed by atoms with Crippen molar-refractivity contribution in [2.75, 3.05) is 18.0 Å². The molecule has 0 bridgehead atoms. The monoisotopic (exact) mass is 364 g/mol. The van der Waals surface area contributed by atoms with Crippen molar-refractivity contribution < 1.29 is 4.79 Å². The minimum atomic E-state index is -0.279. The number of aromatic nitrogens is 2. The molecule has 2 aromatic rings. The van der Waals surface area contributed by atoms with Gasteiger partial charge in [-0.3, -0.25) is 4.79 Å². The maximum absolute atomic E-state index is 12.2. The van der Waals surface area contributed by atoms with Crippen molar-refractivity contribution in [3.63, 3.8) is 0 Å². The summed E-state index contributed by atoms with van der Waals surface area (Å²) in [6.45, 7) is 2.30. The molecule has 0 aliphatic carbocycles. The van der Waals surface area contributed by atoms with Gasteiger partial charge in [0, 0.05) is 29.7 Å². The second-order valence-electron chi connectivity index (χ2n) is 5.74. The molecule has 1 N–H and O–H groups in total. The summed E-state index contributed by atoms with van der Waals surface area (Å²) >= 11 is 12.0. The van der Waals surface area contributed by atoms with E-state index in [9.17, 15) is 4.79 Å². The van der Waals surface area contributed by atoms with Gasteiger partial charge < -0.3 is 10.2 Å². The Morgan fingerprint density at radius 3 is 2.54 bits per heavy atom. The molecule has 0 radical (unpaired) electrons. The highest BCUT2D eigenvalue weighted by molar-refractivity contribution is 6.35. The van der Waals surface area contributed by atoms with Crippen LogP contribution in [-0.4, -0.2) is 29.2 Å². The highest BCUT2D eigenvalue weighted by atomic mass is 35.5. The van der Waals surface area contributed by atoms with Gasteiger partial charge in [-0.1, -0.05) is 29.3 Å². The van der Waals surface area contributed by atoms with Gasteiger partial charge in [0.05, 0.1) is 0 Å². The molecular formula is C17H18Cl2N4O. The van der Waals surface area contributed by atoms with E-state index in [0.29, 0.717) is 22.3 Å². The summed E-state index contributed by atoms with van der Waals surface area (Å²) in [6, 6.07) is 8.73. The van der Waals surface area contributed by atoms with Gasteiger partial charge in [0.15, 0.2) is 11.5 Å². The first-order valence-corrected chi connectivity index (χ1v) is 8.70. The first-order chi connectivity index (χ1) is 11.6. The number of nitrogens with zero attached hydrogens (tertiary/aromatic N) is 3. The normalized spacial score (nSPS) is 14.5. The Balaban J connectivity index is 1.60. The number of hydrogen-bond donors (Lipinski definition) is 1. The SMILES string of the molecule is O=C(NCc1ccc(Cl)cc1Cl)c1ccc(N2CCCCC2)nn1. The number of amides is 1. The maximum Gasteiger partial charge on any atom is 0.272 e. The molecule has 0 spiro atoms. The van der Waals surface area contributed by atoms with Crippen molar-refractivity contribution in [3.05, 3.63) is 51.6 Å². The maximum atomic E-state index is 12.2. The van der Waals surface area contributed by atoms with Gasteiger partial charge >= 0.3 is 0 Å². The molecule has 5 nitrogen and oxygen atoms in total. The van der Waals surface area contributed by atoms with Crippen molar-refractivity contribution in [2.24, 2.45) is 0 Å². The molecule has 1 aromatic heterocycles. The van der Waals surface area contributed by atoms with Gasteiger partial charge in [0.1, 0.15) is 0 Å². The van der Waals surface area contributed by atoms with Crippen molar-refractivity contribution in [1.82, 2.24) is 15.5 Å². The van der Waals surface area contributed by atoms with Crippen molar-refractivity contribution >= 4 is 34.9 Å². The van der Waals surface area contributed by atoms with Crippen molar-refractivity contribution in [1.29, 1.82) is 0 Å². The lowest BCUT2D eigenvalue weighted by molar-refractivity contribution is 0.0945. The zero-order valence-corrected chi connectivity index (χ0v) is 14.6. The minimum absolute atomic E-state index is 0.279. The van der Waals surface area contributed by atoms with Crippen LogP contribution in [0.2, 0.25) is 10.0 Å². The first kappa shape index (κ1) is 17.0. The quantitative estimate of drug-likeness (QED) is 0.898. The third-order valence-electron chi connectivity index (χ3n) is 4.02. The number of anilines is 1. The Labute approximate surface area is 151 Å². The van der Waals surface area contributed by atoms with E-state index in [1.54, 1.807) is 24.3 Å². The Bertz CT molecular complexity index is 715. The highest BCUT2D eigenvalue weighted by Crippen LogP contribution is 2.21. The van der Waals surface area contributed by atoms with E-state index in [1.165, 1.54) is 19.3 Å². The predicted molar refractivity (Wildman–Crippen MR) is 95.7 cm³/mol. The topological polar surface area (TPSA) is 58.1 Å². The summed E-state index contributed by atoms with van der Waals surface area (Å²) in [5.41, 5.74) is 1.09. The van der Waals surface area contributed by atoms with Crippen molar-refractivity contribution in [3.8, 4) is 0 Å². The van der Waals surface area contributed by atoms with Crippen LogP contribution in [0.4, 0.5) is 5.82 Å². The van der Waals surface area contributed by atoms with Crippen LogP contribution < -0.4 is 10.2 Å². The van der Waals surface area contributed by atoms with Crippen LogP contribution >= 0.6 is 23.2 Å². The Morgan fingerprint density at radius 1 is 1.08 bits per heavy atom. The predicted octanol–water partition coefficient (Wildman–Crippen LogP) is 3.70. The molecule has 126 valence electrons. The van der Waals surface area contributed by atoms with Crippen LogP contribution in [0.5, 0.6) is 0 Å². The van der Waals surface area contributed by atoms with E-state index >= 15 is 0 Å². The summed E-state index contributed by atoms with van der Waals surface area (Å²) in [7, 11) is 0. The van der Waals surface area contributed by atoms with Crippen LogP contribution in [0, 0.1) is 0 Å². The van der Waals surface area contributed by atoms with E-state index in [0.717, 1.165) is 24.5 Å². The number of rotatable bonds is 4. The number of benzene rings is 1. The molecule has 7 heteroatoms. The number of carbonyl (C=O) groups is 1. The van der Waals surface area contributed by atoms with Crippen LogP contribution in [0.1, 0.15) is 35.3 Å². The fourth-order valence-electron chi connectivity index (χ4n) is 2.67. The van der Waals surface area contributed by atoms with Crippen LogP contribution in [0.25, 0.3) is 0 Å². The molecule has 3 rings (SSSR count). The average Bonchev–Trinajstić information content (AvgIpc) is 2.62. The second-order valence-corrected chi connectivity index (χ2v) is 6.59. The lowest BCUT2D eigenvalue weighted by Crippen LogP contribution is -2.31. The highest BCUT2D eigenvalue weighted by Gasteiger charge is 2.14. The first-order valence-electron chi connectivity index (χ1n) is 7.94. The fourth-order valence-corrected chi connectivity index (χ4v) is 3.14. The summed E-state index contributed by atoms with van der Waals surface area (Å²) in [5, 5.41) is 12.1. The van der Waals surface area contributed by atoms with E-state index in [2.05, 4.69) is 20.4 Å². The molecule has 1 aliphatic rings. The number of nitrogens with one attached hydrogen (secondary N) is 1. The second kappa shape index (κ2) is 7.81. The number of halogens is 2. The molecule has 1 aromatic carbocycles. The van der Waals surface area contributed by atoms with E-state index < -0.39 is 0 Å². The Hall–Kier alpha value is -1.85. The zero-order chi connectivity index (χ0) is 16.9. The van der Waals surface area contributed by atoms with Crippen LogP contribution in [-0.2, 0) is 6.54 Å². The van der Waals surface area contributed by atoms with Gasteiger partial charge in [-0.15, -0.1) is 10.2 Å². The number of carbonyl (C=O) groups excluding carboxylic acids is 1. The summed E-state index contributed by atoms with van der Waals surface area (Å²) in [5.74, 6) is 0.547. The standard InChI is InChI=1S/C17H18Cl2N4O/c18-13-5-4-12(14(19)10-13)11-20-17(24)15-6-7-16(22-21-15)23-8-2-1-3-9-23/h4-7,10H,1-3,8-9,11H2,(H,20,24). The summed E-state index contributed by atoms with van der Waals surface area (Å²) < 4.78 is 0. The molecule has 0 atom stereocenters. The minimum Gasteiger partial charge on any atom is -0.355 e. The number of piperidine rings is 1. The molecule has 0 saturated carbocycles. The molecule has 2 heterocycles. The van der Waals surface area contributed by atoms with E-state index in [-0.39, 0.29) is 5.91 Å². The zero-order valence-electron chi connectivity index (χ0n) is 13.1. The molecular weight excluding hydrogens is 347 g/mol. The average molecular weight is 365 g/mol. The van der Waals surface area contributed by atoms with Gasteiger partial charge in [-0.2, -0.15) is 0 Å². The summed E-state index contributed by atoms with van der Waals surface area (Å²) in [4.78, 5) is 14.4. The molecule has 1 fully saturated rings. The fraction of sp³-hybridized carbons (Fsp3) is 0.353. The van der Waals surface area contributed by atoms with Crippen molar-refractivity contribution in [2.45, 2.75) is 25.8 Å². The van der Waals surface area contributed by atoms with E-state index in [4.69, 9.17) is 23.2 Å². The van der Waals surface area contributed by atoms with Gasteiger partial charge in [0.25, 0.3) is 5.91 Å². The Morgan fingerprint density at radius 2 is 1.88 bits per heavy atom. The van der Waals surface area contributed by atoms with E-state index in [1.807, 2.05) is 6.07 Å². The molecule has 1 aliphatic heterocycles. The molecule has 24 heavy (non-hydrogen) atoms. The summed E-state index contributed by atoms with van der Waals surface area (Å²) in [6.07, 6.45) is 3.61. The molecule has 0 unspecified atom stereocenters. The van der Waals surface area contributed by atoms with Gasteiger partial charge in [-0.25, -0.2) is 0 Å². The Kier molecular flexibility index (Phi) is 5.53. The smallest absolute Gasteiger partial charge is 0.272 e. The molecule has 1 amide bonds. The van der Waals surface area contributed by atoms with Crippen LogP contribution in [0.15, 0.2) is 30.3 Å². The van der Waals surface area contributed by atoms with Gasteiger partial charge in [0.2, 0.25) is 0 Å². The lowest BCUT2D eigenvalue weighted by Gasteiger charge is -2.27. The lowest BCUT2D eigenvalue weighted by atomic mass is 10.1. The van der Waals surface area contributed by atoms with Gasteiger partial charge in [-0.05, 0) is 49.1 Å². The van der Waals surface area contributed by atoms with Crippen LogP contribution in [0.3, 0.4) is 0 Å². The largest absolute Gasteiger partial charge is 0.355 e.